The molecule has 2 aromatic rings. The molecule has 0 saturated carbocycles. The highest BCUT2D eigenvalue weighted by Gasteiger charge is 2.25. The lowest BCUT2D eigenvalue weighted by atomic mass is 10.0. The summed E-state index contributed by atoms with van der Waals surface area (Å²) in [6.45, 7) is 4.76. The van der Waals surface area contributed by atoms with E-state index in [1.165, 1.54) is 0 Å². The van der Waals surface area contributed by atoms with Gasteiger partial charge in [-0.15, -0.1) is 0 Å². The zero-order valence-corrected chi connectivity index (χ0v) is 13.9. The second kappa shape index (κ2) is 8.61. The maximum Gasteiger partial charge on any atom is 0.129 e. The minimum atomic E-state index is 0.185. The van der Waals surface area contributed by atoms with Crippen LogP contribution in [-0.2, 0) is 4.74 Å². The molecule has 1 aromatic carbocycles. The summed E-state index contributed by atoms with van der Waals surface area (Å²) in [6, 6.07) is 12.3. The van der Waals surface area contributed by atoms with Crippen molar-refractivity contribution in [2.75, 3.05) is 31.7 Å². The molecule has 0 radical (unpaired) electrons. The van der Waals surface area contributed by atoms with E-state index < -0.39 is 0 Å². The van der Waals surface area contributed by atoms with Crippen molar-refractivity contribution in [3.05, 3.63) is 48.4 Å². The van der Waals surface area contributed by atoms with Gasteiger partial charge in [-0.3, -0.25) is 0 Å². The summed E-state index contributed by atoms with van der Waals surface area (Å²) in [7, 11) is 0. The average Bonchev–Trinajstić information content (AvgIpc) is 2.61. The van der Waals surface area contributed by atoms with E-state index in [0.717, 1.165) is 37.0 Å². The molecule has 1 aliphatic rings. The molecular weight excluding hydrogens is 304 g/mol. The SMILES string of the molecule is Cc1nccc(N[C@@H]2COCC[C@@H]2NCCOc2ccccc2)n1. The summed E-state index contributed by atoms with van der Waals surface area (Å²) in [5.41, 5.74) is 0. The molecule has 0 amide bonds. The van der Waals surface area contributed by atoms with Crippen LogP contribution < -0.4 is 15.4 Å². The van der Waals surface area contributed by atoms with E-state index in [-0.39, 0.29) is 6.04 Å². The van der Waals surface area contributed by atoms with Crippen LogP contribution in [0.1, 0.15) is 12.2 Å². The van der Waals surface area contributed by atoms with Crippen molar-refractivity contribution in [1.82, 2.24) is 15.3 Å². The molecule has 6 nitrogen and oxygen atoms in total. The number of para-hydroxylation sites is 1. The fraction of sp³-hybridized carbons (Fsp3) is 0.444. The molecular formula is C18H24N4O2. The zero-order valence-electron chi connectivity index (χ0n) is 13.9. The Labute approximate surface area is 142 Å². The van der Waals surface area contributed by atoms with Crippen LogP contribution >= 0.6 is 0 Å². The van der Waals surface area contributed by atoms with Crippen molar-refractivity contribution in [1.29, 1.82) is 0 Å². The first-order chi connectivity index (χ1) is 11.8. The van der Waals surface area contributed by atoms with Gasteiger partial charge in [0.1, 0.15) is 24.0 Å². The van der Waals surface area contributed by atoms with Gasteiger partial charge in [-0.2, -0.15) is 0 Å². The zero-order chi connectivity index (χ0) is 16.6. The lowest BCUT2D eigenvalue weighted by molar-refractivity contribution is 0.0668. The van der Waals surface area contributed by atoms with Crippen LogP contribution in [0, 0.1) is 6.92 Å². The predicted octanol–water partition coefficient (Wildman–Crippen LogP) is 2.02. The summed E-state index contributed by atoms with van der Waals surface area (Å²) < 4.78 is 11.3. The van der Waals surface area contributed by atoms with Gasteiger partial charge in [-0.05, 0) is 31.5 Å². The van der Waals surface area contributed by atoms with Crippen LogP contribution in [0.3, 0.4) is 0 Å². The quantitative estimate of drug-likeness (QED) is 0.758. The van der Waals surface area contributed by atoms with Crippen molar-refractivity contribution in [3.8, 4) is 5.75 Å². The Kier molecular flexibility index (Phi) is 5.98. The fourth-order valence-electron chi connectivity index (χ4n) is 2.78. The number of aryl methyl sites for hydroxylation is 1. The number of nitrogens with zero attached hydrogens (tertiary/aromatic N) is 2. The Bertz CT molecular complexity index is 623. The summed E-state index contributed by atoms with van der Waals surface area (Å²) in [5.74, 6) is 2.50. The number of hydrogen-bond acceptors (Lipinski definition) is 6. The lowest BCUT2D eigenvalue weighted by Gasteiger charge is -2.33. The first-order valence-corrected chi connectivity index (χ1v) is 8.36. The van der Waals surface area contributed by atoms with Crippen LogP contribution in [0.15, 0.2) is 42.6 Å². The van der Waals surface area contributed by atoms with Gasteiger partial charge in [-0.1, -0.05) is 18.2 Å². The third kappa shape index (κ3) is 4.91. The molecule has 2 atom stereocenters. The molecule has 1 fully saturated rings. The van der Waals surface area contributed by atoms with Gasteiger partial charge >= 0.3 is 0 Å². The number of anilines is 1. The highest BCUT2D eigenvalue weighted by molar-refractivity contribution is 5.35. The Morgan fingerprint density at radius 2 is 2.08 bits per heavy atom. The molecule has 1 aliphatic heterocycles. The number of ether oxygens (including phenoxy) is 2. The highest BCUT2D eigenvalue weighted by atomic mass is 16.5. The molecule has 2 heterocycles. The summed E-state index contributed by atoms with van der Waals surface area (Å²) in [6.07, 6.45) is 2.73. The van der Waals surface area contributed by atoms with Crippen LogP contribution in [0.5, 0.6) is 5.75 Å². The van der Waals surface area contributed by atoms with Crippen LogP contribution in [0.2, 0.25) is 0 Å². The molecule has 2 N–H and O–H groups in total. The first kappa shape index (κ1) is 16.7. The van der Waals surface area contributed by atoms with Crippen LogP contribution in [0.4, 0.5) is 5.82 Å². The van der Waals surface area contributed by atoms with Gasteiger partial charge in [0, 0.05) is 25.4 Å². The van der Waals surface area contributed by atoms with Crippen molar-refractivity contribution in [2.24, 2.45) is 0 Å². The van der Waals surface area contributed by atoms with Gasteiger partial charge in [0.25, 0.3) is 0 Å². The summed E-state index contributed by atoms with van der Waals surface area (Å²) in [5, 5.41) is 7.02. The van der Waals surface area contributed by atoms with E-state index in [1.807, 2.05) is 43.3 Å². The van der Waals surface area contributed by atoms with Gasteiger partial charge in [0.2, 0.25) is 0 Å². The predicted molar refractivity (Wildman–Crippen MR) is 93.3 cm³/mol. The molecule has 128 valence electrons. The molecule has 1 saturated heterocycles. The van der Waals surface area contributed by atoms with E-state index in [9.17, 15) is 0 Å². The Morgan fingerprint density at radius 1 is 1.21 bits per heavy atom. The van der Waals surface area contributed by atoms with E-state index in [0.29, 0.717) is 19.3 Å². The Balaban J connectivity index is 1.47. The summed E-state index contributed by atoms with van der Waals surface area (Å²) in [4.78, 5) is 8.53. The molecule has 0 bridgehead atoms. The van der Waals surface area contributed by atoms with Gasteiger partial charge in [0.05, 0.1) is 12.6 Å². The third-order valence-corrected chi connectivity index (χ3v) is 3.99. The standard InChI is InChI=1S/C18H24N4O2/c1-14-19-9-7-18(21-14)22-17-13-23-11-8-16(17)20-10-12-24-15-5-3-2-4-6-15/h2-7,9,16-17,20H,8,10-13H2,1H3,(H,19,21,22)/t16-,17+/m0/s1. The second-order valence-corrected chi connectivity index (χ2v) is 5.83. The molecule has 0 unspecified atom stereocenters. The largest absolute Gasteiger partial charge is 0.492 e. The van der Waals surface area contributed by atoms with E-state index in [4.69, 9.17) is 9.47 Å². The smallest absolute Gasteiger partial charge is 0.129 e. The van der Waals surface area contributed by atoms with E-state index >= 15 is 0 Å². The molecule has 6 heteroatoms. The molecule has 1 aromatic heterocycles. The Hall–Kier alpha value is -2.18. The van der Waals surface area contributed by atoms with Gasteiger partial charge in [0.15, 0.2) is 0 Å². The van der Waals surface area contributed by atoms with E-state index in [1.54, 1.807) is 6.20 Å². The average molecular weight is 328 g/mol. The number of rotatable bonds is 7. The maximum atomic E-state index is 5.73. The summed E-state index contributed by atoms with van der Waals surface area (Å²) >= 11 is 0. The topological polar surface area (TPSA) is 68.3 Å². The van der Waals surface area contributed by atoms with Crippen molar-refractivity contribution >= 4 is 5.82 Å². The third-order valence-electron chi connectivity index (χ3n) is 3.99. The lowest BCUT2D eigenvalue weighted by Crippen LogP contribution is -2.51. The number of hydrogen-bond donors (Lipinski definition) is 2. The van der Waals surface area contributed by atoms with Crippen LogP contribution in [-0.4, -0.2) is 48.4 Å². The van der Waals surface area contributed by atoms with E-state index in [2.05, 4.69) is 20.6 Å². The first-order valence-electron chi connectivity index (χ1n) is 8.36. The maximum absolute atomic E-state index is 5.73. The van der Waals surface area contributed by atoms with Gasteiger partial charge in [-0.25, -0.2) is 9.97 Å². The van der Waals surface area contributed by atoms with Crippen LogP contribution in [0.25, 0.3) is 0 Å². The molecule has 24 heavy (non-hydrogen) atoms. The molecule has 3 rings (SSSR count). The number of aromatic nitrogens is 2. The van der Waals surface area contributed by atoms with Crippen molar-refractivity contribution < 1.29 is 9.47 Å². The molecule has 0 aliphatic carbocycles. The number of nitrogens with one attached hydrogen (secondary N) is 2. The highest BCUT2D eigenvalue weighted by Crippen LogP contribution is 2.13. The van der Waals surface area contributed by atoms with Crippen molar-refractivity contribution in [3.63, 3.8) is 0 Å². The Morgan fingerprint density at radius 3 is 2.92 bits per heavy atom. The molecule has 0 spiro atoms. The normalized spacial score (nSPS) is 20.5. The second-order valence-electron chi connectivity index (χ2n) is 5.83. The van der Waals surface area contributed by atoms with Crippen molar-refractivity contribution in [2.45, 2.75) is 25.4 Å². The number of benzene rings is 1. The minimum Gasteiger partial charge on any atom is -0.492 e. The minimum absolute atomic E-state index is 0.185. The fourth-order valence-corrected chi connectivity index (χ4v) is 2.78. The van der Waals surface area contributed by atoms with Gasteiger partial charge < -0.3 is 20.1 Å². The monoisotopic (exact) mass is 328 g/mol.